The molecule has 1 saturated heterocycles. The minimum Gasteiger partial charge on any atom is -0.465 e. The number of amides is 1. The van der Waals surface area contributed by atoms with Crippen molar-refractivity contribution in [2.45, 2.75) is 6.92 Å². The van der Waals surface area contributed by atoms with E-state index >= 15 is 0 Å². The van der Waals surface area contributed by atoms with Crippen LogP contribution in [0.3, 0.4) is 0 Å². The molecule has 1 heterocycles. The van der Waals surface area contributed by atoms with Crippen molar-refractivity contribution < 1.29 is 9.90 Å². The summed E-state index contributed by atoms with van der Waals surface area (Å²) in [6.45, 7) is 5.70. The number of fused-ring (bicyclic) bond motifs is 1. The van der Waals surface area contributed by atoms with Crippen molar-refractivity contribution in [2.75, 3.05) is 26.2 Å². The van der Waals surface area contributed by atoms with Crippen LogP contribution in [0.4, 0.5) is 4.79 Å². The first-order valence-corrected chi connectivity index (χ1v) is 4.92. The number of nitrogens with one attached hydrogen (secondary N) is 1. The highest BCUT2D eigenvalue weighted by atomic mass is 16.4. The molecule has 2 N–H and O–H groups in total. The molecule has 2 rings (SSSR count). The Kier molecular flexibility index (Phi) is 2.15. The van der Waals surface area contributed by atoms with Crippen LogP contribution in [0.25, 0.3) is 0 Å². The number of likely N-dealkylation sites (tertiary alicyclic amines) is 1. The van der Waals surface area contributed by atoms with Crippen LogP contribution in [-0.2, 0) is 0 Å². The molecule has 1 aliphatic heterocycles. The van der Waals surface area contributed by atoms with Gasteiger partial charge in [0.05, 0.1) is 0 Å². The Morgan fingerprint density at radius 1 is 1.54 bits per heavy atom. The summed E-state index contributed by atoms with van der Waals surface area (Å²) in [6, 6.07) is 0. The maximum Gasteiger partial charge on any atom is 0.407 e. The first-order chi connectivity index (χ1) is 6.24. The Morgan fingerprint density at radius 2 is 2.15 bits per heavy atom. The van der Waals surface area contributed by atoms with Crippen molar-refractivity contribution in [3.05, 3.63) is 0 Å². The highest BCUT2D eigenvalue weighted by Gasteiger charge is 2.56. The van der Waals surface area contributed by atoms with Crippen molar-refractivity contribution in [1.29, 1.82) is 0 Å². The van der Waals surface area contributed by atoms with Gasteiger partial charge in [0.25, 0.3) is 0 Å². The predicted molar refractivity (Wildman–Crippen MR) is 48.6 cm³/mol. The van der Waals surface area contributed by atoms with E-state index in [1.165, 1.54) is 4.90 Å². The van der Waals surface area contributed by atoms with E-state index < -0.39 is 6.09 Å². The van der Waals surface area contributed by atoms with Crippen LogP contribution < -0.4 is 5.32 Å². The van der Waals surface area contributed by atoms with E-state index in [0.29, 0.717) is 11.8 Å². The second-order valence-electron chi connectivity index (χ2n) is 3.99. The van der Waals surface area contributed by atoms with Gasteiger partial charge in [-0.25, -0.2) is 4.79 Å². The fourth-order valence-electron chi connectivity index (χ4n) is 2.42. The third kappa shape index (κ3) is 1.50. The molecule has 0 aromatic heterocycles. The average Bonchev–Trinajstić information content (AvgIpc) is 2.58. The molecule has 1 unspecified atom stereocenters. The van der Waals surface area contributed by atoms with Gasteiger partial charge in [-0.15, -0.1) is 0 Å². The second-order valence-corrected chi connectivity index (χ2v) is 3.99. The SMILES string of the molecule is CCNCC1[C@H]2CN(C(=O)O)C[C@@H]12. The second kappa shape index (κ2) is 3.18. The molecule has 0 spiro atoms. The highest BCUT2D eigenvalue weighted by Crippen LogP contribution is 2.51. The van der Waals surface area contributed by atoms with Crippen LogP contribution in [0.5, 0.6) is 0 Å². The Morgan fingerprint density at radius 3 is 2.62 bits per heavy atom. The lowest BCUT2D eigenvalue weighted by Crippen LogP contribution is -2.31. The molecule has 0 radical (unpaired) electrons. The van der Waals surface area contributed by atoms with E-state index in [9.17, 15) is 4.79 Å². The summed E-state index contributed by atoms with van der Waals surface area (Å²) in [4.78, 5) is 12.1. The van der Waals surface area contributed by atoms with Crippen molar-refractivity contribution in [2.24, 2.45) is 17.8 Å². The van der Waals surface area contributed by atoms with Gasteiger partial charge in [-0.05, 0) is 30.8 Å². The molecule has 3 atom stereocenters. The van der Waals surface area contributed by atoms with Crippen molar-refractivity contribution in [3.63, 3.8) is 0 Å². The zero-order valence-corrected chi connectivity index (χ0v) is 7.86. The first kappa shape index (κ1) is 8.81. The van der Waals surface area contributed by atoms with Crippen LogP contribution in [0.2, 0.25) is 0 Å². The third-order valence-corrected chi connectivity index (χ3v) is 3.27. The number of nitrogens with zero attached hydrogens (tertiary/aromatic N) is 1. The molecule has 13 heavy (non-hydrogen) atoms. The lowest BCUT2D eigenvalue weighted by atomic mass is 10.2. The lowest BCUT2D eigenvalue weighted by molar-refractivity contribution is 0.148. The smallest absolute Gasteiger partial charge is 0.407 e. The molecule has 4 heteroatoms. The summed E-state index contributed by atoms with van der Waals surface area (Å²) >= 11 is 0. The van der Waals surface area contributed by atoms with Gasteiger partial charge < -0.3 is 15.3 Å². The molecule has 1 aliphatic carbocycles. The molecule has 4 nitrogen and oxygen atoms in total. The molecule has 0 aromatic carbocycles. The Balaban J connectivity index is 1.74. The molecular weight excluding hydrogens is 168 g/mol. The van der Waals surface area contributed by atoms with Gasteiger partial charge in [-0.1, -0.05) is 6.92 Å². The van der Waals surface area contributed by atoms with Crippen LogP contribution in [-0.4, -0.2) is 42.3 Å². The molecule has 2 fully saturated rings. The highest BCUT2D eigenvalue weighted by molar-refractivity contribution is 5.65. The fourth-order valence-corrected chi connectivity index (χ4v) is 2.42. The van der Waals surface area contributed by atoms with Gasteiger partial charge in [-0.2, -0.15) is 0 Å². The normalized spacial score (nSPS) is 36.1. The summed E-state index contributed by atoms with van der Waals surface area (Å²) in [5.41, 5.74) is 0. The summed E-state index contributed by atoms with van der Waals surface area (Å²) in [5.74, 6) is 2.04. The van der Waals surface area contributed by atoms with Gasteiger partial charge in [0, 0.05) is 13.1 Å². The number of carbonyl (C=O) groups is 1. The van der Waals surface area contributed by atoms with E-state index in [1.54, 1.807) is 0 Å². The topological polar surface area (TPSA) is 52.6 Å². The van der Waals surface area contributed by atoms with Crippen LogP contribution >= 0.6 is 0 Å². The molecule has 1 saturated carbocycles. The van der Waals surface area contributed by atoms with E-state index in [2.05, 4.69) is 12.2 Å². The number of hydrogen-bond acceptors (Lipinski definition) is 2. The zero-order chi connectivity index (χ0) is 9.42. The molecule has 74 valence electrons. The number of carboxylic acid groups (broad SMARTS) is 1. The summed E-state index contributed by atoms with van der Waals surface area (Å²) in [6.07, 6.45) is -0.755. The lowest BCUT2D eigenvalue weighted by Gasteiger charge is -2.15. The van der Waals surface area contributed by atoms with Gasteiger partial charge in [-0.3, -0.25) is 0 Å². The Bertz CT molecular complexity index is 208. The summed E-state index contributed by atoms with van der Waals surface area (Å²) < 4.78 is 0. The largest absolute Gasteiger partial charge is 0.465 e. The molecule has 1 amide bonds. The van der Waals surface area contributed by atoms with Crippen LogP contribution in [0.15, 0.2) is 0 Å². The standard InChI is InChI=1S/C9H16N2O2/c1-2-10-3-6-7-4-11(9(12)13)5-8(6)7/h6-8,10H,2-5H2,1H3,(H,12,13)/t6?,7-,8+. The maximum absolute atomic E-state index is 10.6. The average molecular weight is 184 g/mol. The maximum atomic E-state index is 10.6. The van der Waals surface area contributed by atoms with E-state index in [1.807, 2.05) is 0 Å². The zero-order valence-electron chi connectivity index (χ0n) is 7.86. The number of piperidine rings is 1. The van der Waals surface area contributed by atoms with Gasteiger partial charge in [0.1, 0.15) is 0 Å². The van der Waals surface area contributed by atoms with Gasteiger partial charge >= 0.3 is 6.09 Å². The predicted octanol–water partition coefficient (Wildman–Crippen LogP) is 0.452. The number of hydrogen-bond donors (Lipinski definition) is 2. The quantitative estimate of drug-likeness (QED) is 0.669. The number of rotatable bonds is 3. The minimum atomic E-state index is -0.755. The van der Waals surface area contributed by atoms with Crippen molar-refractivity contribution in [3.8, 4) is 0 Å². The van der Waals surface area contributed by atoms with Crippen molar-refractivity contribution >= 4 is 6.09 Å². The summed E-state index contributed by atoms with van der Waals surface area (Å²) in [5, 5.41) is 12.0. The van der Waals surface area contributed by atoms with Crippen LogP contribution in [0, 0.1) is 17.8 Å². The van der Waals surface area contributed by atoms with E-state index in [0.717, 1.165) is 32.1 Å². The monoisotopic (exact) mass is 184 g/mol. The van der Waals surface area contributed by atoms with Crippen molar-refractivity contribution in [1.82, 2.24) is 10.2 Å². The molecule has 2 aliphatic rings. The summed E-state index contributed by atoms with van der Waals surface area (Å²) in [7, 11) is 0. The minimum absolute atomic E-state index is 0.648. The molecule has 0 aromatic rings. The molecule has 0 bridgehead atoms. The van der Waals surface area contributed by atoms with Crippen LogP contribution in [0.1, 0.15) is 6.92 Å². The van der Waals surface area contributed by atoms with E-state index in [-0.39, 0.29) is 0 Å². The van der Waals surface area contributed by atoms with Gasteiger partial charge in [0.2, 0.25) is 0 Å². The first-order valence-electron chi connectivity index (χ1n) is 4.92. The van der Waals surface area contributed by atoms with Gasteiger partial charge in [0.15, 0.2) is 0 Å². The Labute approximate surface area is 77.9 Å². The Hall–Kier alpha value is -0.770. The third-order valence-electron chi connectivity index (χ3n) is 3.27. The fraction of sp³-hybridized carbons (Fsp3) is 0.889. The van der Waals surface area contributed by atoms with E-state index in [4.69, 9.17) is 5.11 Å². The molecular formula is C9H16N2O2.